The van der Waals surface area contributed by atoms with Crippen molar-refractivity contribution in [1.82, 2.24) is 10.3 Å². The second kappa shape index (κ2) is 5.64. The first kappa shape index (κ1) is 13.1. The minimum atomic E-state index is -0.419. The van der Waals surface area contributed by atoms with E-state index < -0.39 is 11.5 Å². The Morgan fingerprint density at radius 2 is 2.25 bits per heavy atom. The van der Waals surface area contributed by atoms with E-state index in [0.717, 1.165) is 10.6 Å². The fraction of sp³-hybridized carbons (Fsp3) is 0.154. The molecule has 0 radical (unpaired) electrons. The summed E-state index contributed by atoms with van der Waals surface area (Å²) in [4.78, 5) is 31.8. The Morgan fingerprint density at radius 3 is 2.90 bits per heavy atom. The maximum Gasteiger partial charge on any atom is 0.262 e. The molecule has 0 spiro atoms. The van der Waals surface area contributed by atoms with E-state index >= 15 is 0 Å². The number of thiophene rings is 1. The van der Waals surface area contributed by atoms with Crippen LogP contribution >= 0.6 is 23.1 Å². The molecule has 0 saturated heterocycles. The van der Waals surface area contributed by atoms with Gasteiger partial charge in [-0.1, -0.05) is 17.8 Å². The quantitative estimate of drug-likeness (QED) is 0.890. The second-order valence-corrected chi connectivity index (χ2v) is 6.11. The highest BCUT2D eigenvalue weighted by molar-refractivity contribution is 8.14. The Hall–Kier alpha value is -1.86. The summed E-state index contributed by atoms with van der Waals surface area (Å²) in [5.74, 6) is 0.445. The zero-order valence-electron chi connectivity index (χ0n) is 10.4. The SMILES string of the molecule is O=C(NC1=NCCS1)c1ccc(-c2cccs2)[nH]c1=O. The van der Waals surface area contributed by atoms with Gasteiger partial charge in [0.25, 0.3) is 11.5 Å². The molecule has 0 aromatic carbocycles. The molecule has 0 atom stereocenters. The van der Waals surface area contributed by atoms with E-state index in [1.807, 2.05) is 17.5 Å². The Kier molecular flexibility index (Phi) is 3.70. The van der Waals surface area contributed by atoms with E-state index in [4.69, 9.17) is 0 Å². The van der Waals surface area contributed by atoms with Crippen molar-refractivity contribution in [3.05, 3.63) is 45.6 Å². The van der Waals surface area contributed by atoms with Crippen molar-refractivity contribution in [3.8, 4) is 10.6 Å². The lowest BCUT2D eigenvalue weighted by atomic mass is 10.2. The van der Waals surface area contributed by atoms with Crippen molar-refractivity contribution in [2.75, 3.05) is 12.3 Å². The number of H-pyrrole nitrogens is 1. The summed E-state index contributed by atoms with van der Waals surface area (Å²) < 4.78 is 0. The van der Waals surface area contributed by atoms with E-state index in [9.17, 15) is 9.59 Å². The van der Waals surface area contributed by atoms with Crippen LogP contribution in [0.2, 0.25) is 0 Å². The molecule has 1 aliphatic rings. The Bertz CT molecular complexity index is 719. The lowest BCUT2D eigenvalue weighted by Gasteiger charge is -2.04. The molecule has 7 heteroatoms. The number of nitrogens with one attached hydrogen (secondary N) is 2. The van der Waals surface area contributed by atoms with Crippen LogP contribution in [0.5, 0.6) is 0 Å². The first-order chi connectivity index (χ1) is 9.74. The van der Waals surface area contributed by atoms with E-state index in [-0.39, 0.29) is 5.56 Å². The van der Waals surface area contributed by atoms with E-state index in [2.05, 4.69) is 15.3 Å². The van der Waals surface area contributed by atoms with Gasteiger partial charge >= 0.3 is 0 Å². The van der Waals surface area contributed by atoms with Gasteiger partial charge in [-0.15, -0.1) is 11.3 Å². The van der Waals surface area contributed by atoms with Gasteiger partial charge in [0.15, 0.2) is 5.17 Å². The Morgan fingerprint density at radius 1 is 1.35 bits per heavy atom. The molecule has 5 nitrogen and oxygen atoms in total. The minimum absolute atomic E-state index is 0.0977. The van der Waals surface area contributed by atoms with Crippen LogP contribution < -0.4 is 10.9 Å². The van der Waals surface area contributed by atoms with Crippen molar-refractivity contribution in [2.45, 2.75) is 0 Å². The molecule has 0 saturated carbocycles. The normalized spacial score (nSPS) is 14.1. The minimum Gasteiger partial charge on any atom is -0.321 e. The van der Waals surface area contributed by atoms with Crippen LogP contribution in [0.25, 0.3) is 10.6 Å². The van der Waals surface area contributed by atoms with Gasteiger partial charge in [-0.3, -0.25) is 14.6 Å². The number of aliphatic imine (C=N–C) groups is 1. The number of amidine groups is 1. The fourth-order valence-electron chi connectivity index (χ4n) is 1.80. The third-order valence-corrected chi connectivity index (χ3v) is 4.54. The highest BCUT2D eigenvalue weighted by atomic mass is 32.2. The van der Waals surface area contributed by atoms with Crippen LogP contribution in [0.1, 0.15) is 10.4 Å². The number of pyridine rings is 1. The number of rotatable bonds is 2. The average molecular weight is 305 g/mol. The highest BCUT2D eigenvalue weighted by Crippen LogP contribution is 2.21. The van der Waals surface area contributed by atoms with Crippen LogP contribution in [-0.4, -0.2) is 28.4 Å². The molecule has 0 aliphatic carbocycles. The molecule has 0 unspecified atom stereocenters. The number of hydrogen-bond acceptors (Lipinski definition) is 5. The summed E-state index contributed by atoms with van der Waals surface area (Å²) in [5, 5.41) is 5.16. The molecule has 20 heavy (non-hydrogen) atoms. The van der Waals surface area contributed by atoms with Crippen molar-refractivity contribution < 1.29 is 4.79 Å². The maximum absolute atomic E-state index is 12.0. The summed E-state index contributed by atoms with van der Waals surface area (Å²) in [5.41, 5.74) is 0.423. The van der Waals surface area contributed by atoms with Crippen molar-refractivity contribution in [2.24, 2.45) is 4.99 Å². The number of amides is 1. The maximum atomic E-state index is 12.0. The third kappa shape index (κ3) is 2.68. The third-order valence-electron chi connectivity index (χ3n) is 2.75. The monoisotopic (exact) mass is 305 g/mol. The van der Waals surface area contributed by atoms with Crippen molar-refractivity contribution in [1.29, 1.82) is 0 Å². The Balaban J connectivity index is 1.84. The number of carbonyl (C=O) groups excluding carboxylic acids is 1. The van der Waals surface area contributed by atoms with Gasteiger partial charge in [-0.2, -0.15) is 0 Å². The summed E-state index contributed by atoms with van der Waals surface area (Å²) in [7, 11) is 0. The second-order valence-electron chi connectivity index (χ2n) is 4.08. The molecule has 0 fully saturated rings. The molecule has 102 valence electrons. The molecule has 2 N–H and O–H groups in total. The molecule has 0 bridgehead atoms. The van der Waals surface area contributed by atoms with E-state index in [1.54, 1.807) is 12.1 Å². The molecule has 1 aliphatic heterocycles. The molecular formula is C13H11N3O2S2. The van der Waals surface area contributed by atoms with Gasteiger partial charge in [0.05, 0.1) is 17.1 Å². The van der Waals surface area contributed by atoms with Gasteiger partial charge < -0.3 is 10.3 Å². The Labute approximate surface area is 123 Å². The van der Waals surface area contributed by atoms with E-state index in [0.29, 0.717) is 17.4 Å². The summed E-state index contributed by atoms with van der Waals surface area (Å²) in [6.07, 6.45) is 0. The van der Waals surface area contributed by atoms with Gasteiger partial charge in [0, 0.05) is 5.75 Å². The van der Waals surface area contributed by atoms with Gasteiger partial charge in [-0.25, -0.2) is 0 Å². The number of nitrogens with zero attached hydrogens (tertiary/aromatic N) is 1. The van der Waals surface area contributed by atoms with Crippen LogP contribution in [-0.2, 0) is 0 Å². The van der Waals surface area contributed by atoms with Crippen LogP contribution in [0.15, 0.2) is 39.4 Å². The van der Waals surface area contributed by atoms with Crippen molar-refractivity contribution in [3.63, 3.8) is 0 Å². The van der Waals surface area contributed by atoms with Gasteiger partial charge in [0.1, 0.15) is 5.56 Å². The number of aromatic nitrogens is 1. The smallest absolute Gasteiger partial charge is 0.262 e. The van der Waals surface area contributed by atoms with Crippen LogP contribution in [0, 0.1) is 0 Å². The molecule has 2 aromatic rings. The van der Waals surface area contributed by atoms with Gasteiger partial charge in [-0.05, 0) is 23.6 Å². The standard InChI is InChI=1S/C13H11N3O2S2/c17-11-8(12(18)16-13-14-5-7-20-13)3-4-9(15-11)10-2-1-6-19-10/h1-4,6H,5,7H2,(H,15,17)(H,14,16,18). The zero-order chi connectivity index (χ0) is 13.9. The summed E-state index contributed by atoms with van der Waals surface area (Å²) in [6, 6.07) is 7.11. The molecule has 3 heterocycles. The number of hydrogen-bond donors (Lipinski definition) is 2. The van der Waals surface area contributed by atoms with Gasteiger partial charge in [0.2, 0.25) is 0 Å². The lowest BCUT2D eigenvalue weighted by molar-refractivity contribution is 0.0976. The number of aromatic amines is 1. The summed E-state index contributed by atoms with van der Waals surface area (Å²) in [6.45, 7) is 0.702. The average Bonchev–Trinajstić information content (AvgIpc) is 3.11. The topological polar surface area (TPSA) is 74.3 Å². The van der Waals surface area contributed by atoms with Crippen LogP contribution in [0.3, 0.4) is 0 Å². The first-order valence-electron chi connectivity index (χ1n) is 6.00. The largest absolute Gasteiger partial charge is 0.321 e. The zero-order valence-corrected chi connectivity index (χ0v) is 12.0. The lowest BCUT2D eigenvalue weighted by Crippen LogP contribution is -2.32. The first-order valence-corrected chi connectivity index (χ1v) is 7.86. The fourth-order valence-corrected chi connectivity index (χ4v) is 3.23. The molecular weight excluding hydrogens is 294 g/mol. The van der Waals surface area contributed by atoms with Crippen LogP contribution in [0.4, 0.5) is 0 Å². The highest BCUT2D eigenvalue weighted by Gasteiger charge is 2.15. The van der Waals surface area contributed by atoms with E-state index in [1.165, 1.54) is 23.1 Å². The van der Waals surface area contributed by atoms with Crippen molar-refractivity contribution >= 4 is 34.2 Å². The molecule has 3 rings (SSSR count). The number of carbonyl (C=O) groups is 1. The number of thioether (sulfide) groups is 1. The summed E-state index contributed by atoms with van der Waals surface area (Å²) >= 11 is 3.01. The predicted octanol–water partition coefficient (Wildman–Crippen LogP) is 1.94. The molecule has 1 amide bonds. The predicted molar refractivity (Wildman–Crippen MR) is 82.6 cm³/mol. The molecule has 2 aromatic heterocycles.